The van der Waals surface area contributed by atoms with Crippen LogP contribution in [-0.2, 0) is 22.0 Å². The fourth-order valence-electron chi connectivity index (χ4n) is 2.92. The molecule has 3 aromatic carbocycles. The minimum absolute atomic E-state index is 0.0000846. The SMILES string of the molecule is CC(C)S(=O)(=O)Cc1ccc(C(=O)Cc2ccc(-c3ccccc3)cc2)cc1. The Bertz CT molecular complexity index is 1030. The van der Waals surface area contributed by atoms with Gasteiger partial charge in [-0.2, -0.15) is 0 Å². The first-order chi connectivity index (χ1) is 13.3. The highest BCUT2D eigenvalue weighted by Crippen LogP contribution is 2.20. The first kappa shape index (κ1) is 20.0. The van der Waals surface area contributed by atoms with Crippen molar-refractivity contribution < 1.29 is 13.2 Å². The van der Waals surface area contributed by atoms with Gasteiger partial charge in [-0.3, -0.25) is 4.79 Å². The molecule has 0 atom stereocenters. The van der Waals surface area contributed by atoms with Crippen LogP contribution >= 0.6 is 0 Å². The van der Waals surface area contributed by atoms with E-state index >= 15 is 0 Å². The number of hydrogen-bond acceptors (Lipinski definition) is 3. The van der Waals surface area contributed by atoms with E-state index in [9.17, 15) is 13.2 Å². The second-order valence-corrected chi connectivity index (χ2v) is 9.77. The average molecular weight is 393 g/mol. The predicted molar refractivity (Wildman–Crippen MR) is 114 cm³/mol. The summed E-state index contributed by atoms with van der Waals surface area (Å²) in [6.45, 7) is 3.35. The second kappa shape index (κ2) is 8.53. The van der Waals surface area contributed by atoms with Crippen LogP contribution in [0.4, 0.5) is 0 Å². The number of hydrogen-bond donors (Lipinski definition) is 0. The summed E-state index contributed by atoms with van der Waals surface area (Å²) >= 11 is 0. The van der Waals surface area contributed by atoms with Crippen LogP contribution in [0.25, 0.3) is 11.1 Å². The molecule has 0 aliphatic carbocycles. The largest absolute Gasteiger partial charge is 0.294 e. The Kier molecular flexibility index (Phi) is 6.10. The van der Waals surface area contributed by atoms with Gasteiger partial charge in [-0.1, -0.05) is 78.9 Å². The first-order valence-corrected chi connectivity index (χ1v) is 11.0. The molecule has 0 bridgehead atoms. The smallest absolute Gasteiger partial charge is 0.167 e. The maximum atomic E-state index is 12.6. The van der Waals surface area contributed by atoms with E-state index in [0.717, 1.165) is 16.7 Å². The standard InChI is InChI=1S/C24H24O3S/c1-18(2)28(26,27)17-20-10-14-23(15-11-20)24(25)16-19-8-12-22(13-9-19)21-6-4-3-5-7-21/h3-15,18H,16-17H2,1-2H3. The fourth-order valence-corrected chi connectivity index (χ4v) is 3.91. The highest BCUT2D eigenvalue weighted by atomic mass is 32.2. The molecule has 3 nitrogen and oxygen atoms in total. The van der Waals surface area contributed by atoms with Crippen LogP contribution in [0.1, 0.15) is 35.3 Å². The zero-order chi connectivity index (χ0) is 20.1. The lowest BCUT2D eigenvalue weighted by Gasteiger charge is -2.08. The number of carbonyl (C=O) groups is 1. The molecular formula is C24H24O3S. The van der Waals surface area contributed by atoms with Crippen LogP contribution < -0.4 is 0 Å². The molecule has 0 aliphatic rings. The second-order valence-electron chi connectivity index (χ2n) is 7.22. The number of ketones is 1. The zero-order valence-electron chi connectivity index (χ0n) is 16.1. The van der Waals surface area contributed by atoms with Crippen molar-refractivity contribution in [2.75, 3.05) is 0 Å². The fraction of sp³-hybridized carbons (Fsp3) is 0.208. The minimum atomic E-state index is -3.14. The monoisotopic (exact) mass is 392 g/mol. The van der Waals surface area contributed by atoms with Gasteiger partial charge in [0.2, 0.25) is 0 Å². The zero-order valence-corrected chi connectivity index (χ0v) is 16.9. The summed E-state index contributed by atoms with van der Waals surface area (Å²) in [5.41, 5.74) is 4.52. The van der Waals surface area contributed by atoms with Crippen molar-refractivity contribution in [3.8, 4) is 11.1 Å². The van der Waals surface area contributed by atoms with E-state index in [1.165, 1.54) is 0 Å². The van der Waals surface area contributed by atoms with Crippen LogP contribution in [-0.4, -0.2) is 19.5 Å². The van der Waals surface area contributed by atoms with Gasteiger partial charge in [0.05, 0.1) is 11.0 Å². The molecule has 0 saturated carbocycles. The number of carbonyl (C=O) groups excluding carboxylic acids is 1. The maximum Gasteiger partial charge on any atom is 0.167 e. The quantitative estimate of drug-likeness (QED) is 0.526. The molecule has 0 heterocycles. The number of benzene rings is 3. The summed E-state index contributed by atoms with van der Waals surface area (Å²) in [4.78, 5) is 12.6. The van der Waals surface area contributed by atoms with E-state index in [1.807, 2.05) is 42.5 Å². The van der Waals surface area contributed by atoms with Gasteiger partial charge in [0.15, 0.2) is 15.6 Å². The van der Waals surface area contributed by atoms with Crippen LogP contribution in [0.3, 0.4) is 0 Å². The molecule has 0 spiro atoms. The molecule has 0 fully saturated rings. The van der Waals surface area contributed by atoms with Gasteiger partial charge < -0.3 is 0 Å². The van der Waals surface area contributed by atoms with E-state index < -0.39 is 15.1 Å². The Morgan fingerprint density at radius 2 is 1.29 bits per heavy atom. The van der Waals surface area contributed by atoms with Crippen molar-refractivity contribution in [2.45, 2.75) is 31.3 Å². The minimum Gasteiger partial charge on any atom is -0.294 e. The summed E-state index contributed by atoms with van der Waals surface area (Å²) in [6.07, 6.45) is 0.318. The number of sulfone groups is 1. The highest BCUT2D eigenvalue weighted by molar-refractivity contribution is 7.91. The number of Topliss-reactive ketones (excluding diaryl/α,β-unsaturated/α-hetero) is 1. The molecule has 0 radical (unpaired) electrons. The molecule has 0 amide bonds. The van der Waals surface area contributed by atoms with Crippen LogP contribution in [0.2, 0.25) is 0 Å². The van der Waals surface area contributed by atoms with E-state index in [4.69, 9.17) is 0 Å². The van der Waals surface area contributed by atoms with Crippen LogP contribution in [0.15, 0.2) is 78.9 Å². The molecule has 144 valence electrons. The van der Waals surface area contributed by atoms with Gasteiger partial charge in [-0.25, -0.2) is 8.42 Å². The number of rotatable bonds is 7. The lowest BCUT2D eigenvalue weighted by Crippen LogP contribution is -2.16. The van der Waals surface area contributed by atoms with E-state index in [-0.39, 0.29) is 11.5 Å². The molecule has 28 heavy (non-hydrogen) atoms. The molecular weight excluding hydrogens is 368 g/mol. The molecule has 0 saturated heterocycles. The Morgan fingerprint density at radius 1 is 0.750 bits per heavy atom. The molecule has 4 heteroatoms. The third-order valence-electron chi connectivity index (χ3n) is 4.79. The van der Waals surface area contributed by atoms with Crippen molar-refractivity contribution in [2.24, 2.45) is 0 Å². The molecule has 0 aromatic heterocycles. The summed E-state index contributed by atoms with van der Waals surface area (Å²) in [5, 5.41) is -0.410. The van der Waals surface area contributed by atoms with Crippen molar-refractivity contribution in [1.29, 1.82) is 0 Å². The highest BCUT2D eigenvalue weighted by Gasteiger charge is 2.17. The van der Waals surface area contributed by atoms with E-state index in [2.05, 4.69) is 12.1 Å². The van der Waals surface area contributed by atoms with E-state index in [1.54, 1.807) is 38.1 Å². The molecule has 3 aromatic rings. The molecule has 3 rings (SSSR count). The molecule has 0 unspecified atom stereocenters. The lowest BCUT2D eigenvalue weighted by molar-refractivity contribution is 0.0993. The normalized spacial score (nSPS) is 11.5. The lowest BCUT2D eigenvalue weighted by atomic mass is 9.99. The molecule has 0 aliphatic heterocycles. The van der Waals surface area contributed by atoms with Gasteiger partial charge in [0.1, 0.15) is 0 Å². The predicted octanol–water partition coefficient (Wildman–Crippen LogP) is 5.10. The Hall–Kier alpha value is -2.72. The summed E-state index contributed by atoms with van der Waals surface area (Å²) in [7, 11) is -3.14. The maximum absolute atomic E-state index is 12.6. The van der Waals surface area contributed by atoms with E-state index in [0.29, 0.717) is 17.5 Å². The van der Waals surface area contributed by atoms with Gasteiger partial charge in [0, 0.05) is 12.0 Å². The molecule has 0 N–H and O–H groups in total. The van der Waals surface area contributed by atoms with Crippen molar-refractivity contribution >= 4 is 15.6 Å². The topological polar surface area (TPSA) is 51.2 Å². The van der Waals surface area contributed by atoms with Crippen LogP contribution in [0.5, 0.6) is 0 Å². The van der Waals surface area contributed by atoms with Crippen molar-refractivity contribution in [3.63, 3.8) is 0 Å². The van der Waals surface area contributed by atoms with Crippen molar-refractivity contribution in [3.05, 3.63) is 95.6 Å². The summed E-state index contributed by atoms with van der Waals surface area (Å²) < 4.78 is 24.0. The average Bonchev–Trinajstić information content (AvgIpc) is 2.69. The van der Waals surface area contributed by atoms with Gasteiger partial charge >= 0.3 is 0 Å². The van der Waals surface area contributed by atoms with Crippen molar-refractivity contribution in [1.82, 2.24) is 0 Å². The van der Waals surface area contributed by atoms with Crippen LogP contribution in [0, 0.1) is 0 Å². The summed E-state index contributed by atoms with van der Waals surface area (Å²) in [6, 6.07) is 25.0. The first-order valence-electron chi connectivity index (χ1n) is 9.33. The third kappa shape index (κ3) is 4.96. The Labute approximate surface area is 167 Å². The van der Waals surface area contributed by atoms with Gasteiger partial charge in [-0.15, -0.1) is 0 Å². The Morgan fingerprint density at radius 3 is 1.86 bits per heavy atom. The van der Waals surface area contributed by atoms with Gasteiger partial charge in [-0.05, 0) is 36.1 Å². The Balaban J connectivity index is 1.66. The summed E-state index contributed by atoms with van der Waals surface area (Å²) in [5.74, 6) is 0.0193. The van der Waals surface area contributed by atoms with Gasteiger partial charge in [0.25, 0.3) is 0 Å². The third-order valence-corrected chi connectivity index (χ3v) is 6.96.